The van der Waals surface area contributed by atoms with Crippen LogP contribution in [0, 0.1) is 11.3 Å². The molecule has 50 valence electrons. The zero-order chi connectivity index (χ0) is 7.56. The van der Waals surface area contributed by atoms with Crippen molar-refractivity contribution in [1.29, 1.82) is 5.26 Å². The molecule has 0 saturated carbocycles. The summed E-state index contributed by atoms with van der Waals surface area (Å²) < 4.78 is 0. The Morgan fingerprint density at radius 1 is 1.80 bits per heavy atom. The number of hydrogen-bond donors (Lipinski definition) is 1. The van der Waals surface area contributed by atoms with Crippen molar-refractivity contribution in [3.8, 4) is 12.1 Å². The van der Waals surface area contributed by atoms with Gasteiger partial charge in [0.15, 0.2) is 0 Å². The second kappa shape index (κ2) is 2.19. The van der Waals surface area contributed by atoms with E-state index in [-0.39, 0.29) is 5.56 Å². The van der Waals surface area contributed by atoms with Gasteiger partial charge in [-0.2, -0.15) is 5.26 Å². The summed E-state index contributed by atoms with van der Waals surface area (Å²) in [6.45, 7) is 0. The van der Waals surface area contributed by atoms with Crippen molar-refractivity contribution in [2.45, 2.75) is 0 Å². The lowest BCUT2D eigenvalue weighted by atomic mass is 10.4. The van der Waals surface area contributed by atoms with E-state index in [1.165, 1.54) is 0 Å². The molecule has 5 heteroatoms. The van der Waals surface area contributed by atoms with Crippen LogP contribution in [0.4, 0.5) is 0 Å². The molecule has 1 aromatic rings. The summed E-state index contributed by atoms with van der Waals surface area (Å²) in [6, 6.07) is 0.845. The van der Waals surface area contributed by atoms with E-state index in [0.717, 1.165) is 6.20 Å². The molecule has 0 aliphatic heterocycles. The Bertz CT molecular complexity index is 335. The second-order valence-electron chi connectivity index (χ2n) is 1.54. The monoisotopic (exact) mass is 136 g/mol. The van der Waals surface area contributed by atoms with Gasteiger partial charge in [-0.3, -0.25) is 9.78 Å². The molecule has 0 atom stereocenters. The van der Waals surface area contributed by atoms with Crippen molar-refractivity contribution in [3.05, 3.63) is 22.1 Å². The number of rotatable bonds is 0. The summed E-state index contributed by atoms with van der Waals surface area (Å²) in [5.41, 5.74) is -0.845. The number of nitriles is 1. The van der Waals surface area contributed by atoms with Gasteiger partial charge in [0.1, 0.15) is 11.6 Å². The van der Waals surface area contributed by atoms with Crippen LogP contribution in [0.3, 0.4) is 0 Å². The predicted molar refractivity (Wildman–Crippen MR) is 29.0 cm³/mol. The molecule has 1 N–H and O–H groups in total. The molecule has 0 amide bonds. The van der Waals surface area contributed by atoms with E-state index in [2.05, 4.69) is 4.98 Å². The fourth-order valence-corrected chi connectivity index (χ4v) is 0.458. The molecule has 0 radical (unpaired) electrons. The highest BCUT2D eigenvalue weighted by Crippen LogP contribution is 1.87. The number of nitrogens with one attached hydrogen (secondary N) is 1. The quantitative estimate of drug-likeness (QED) is 0.480. The Kier molecular flexibility index (Phi) is 1.38. The van der Waals surface area contributed by atoms with E-state index >= 15 is 0 Å². The summed E-state index contributed by atoms with van der Waals surface area (Å²) in [6.07, 6.45) is 0.946. The lowest BCUT2D eigenvalue weighted by Crippen LogP contribution is -2.13. The van der Waals surface area contributed by atoms with Crippen LogP contribution in [0.2, 0.25) is 0 Å². The molecule has 5 nitrogen and oxygen atoms in total. The number of hydrogen-bond acceptors (Lipinski definition) is 4. The Balaban J connectivity index is 3.38. The van der Waals surface area contributed by atoms with Crippen LogP contribution >= 0.6 is 0 Å². The fraction of sp³-hybridized carbons (Fsp3) is 0. The molecule has 0 fully saturated rings. The molecule has 0 aromatic carbocycles. The standard InChI is InChI=1S/C5H3N3O2/c6-1-3-2-7-5(10)8-4(3)9/h2H,(H2,7,8,9,10)/p-1. The van der Waals surface area contributed by atoms with Gasteiger partial charge in [-0.1, -0.05) is 0 Å². The molecule has 10 heavy (non-hydrogen) atoms. The van der Waals surface area contributed by atoms with Crippen LogP contribution in [-0.2, 0) is 0 Å². The summed E-state index contributed by atoms with van der Waals surface area (Å²) >= 11 is 0. The lowest BCUT2D eigenvalue weighted by molar-refractivity contribution is -0.282. The van der Waals surface area contributed by atoms with Gasteiger partial charge in [0.05, 0.1) is 12.2 Å². The normalized spacial score (nSPS) is 8.70. The first-order valence-corrected chi connectivity index (χ1v) is 2.40. The SMILES string of the molecule is N#Cc1cnc([O-])[nH]c1=O. The highest BCUT2D eigenvalue weighted by Gasteiger charge is 1.93. The largest absolute Gasteiger partial charge is 0.846 e. The Morgan fingerprint density at radius 2 is 2.50 bits per heavy atom. The smallest absolute Gasteiger partial charge is 0.268 e. The number of nitrogens with zero attached hydrogens (tertiary/aromatic N) is 2. The van der Waals surface area contributed by atoms with Crippen molar-refractivity contribution in [3.63, 3.8) is 0 Å². The van der Waals surface area contributed by atoms with Gasteiger partial charge < -0.3 is 10.1 Å². The molecule has 0 saturated heterocycles. The van der Waals surface area contributed by atoms with E-state index in [4.69, 9.17) is 5.26 Å². The number of aromatic amines is 1. The summed E-state index contributed by atoms with van der Waals surface area (Å²) in [5, 5.41) is 18.5. The highest BCUT2D eigenvalue weighted by atomic mass is 16.3. The number of aromatic nitrogens is 2. The summed E-state index contributed by atoms with van der Waals surface area (Å²) in [4.78, 5) is 15.6. The van der Waals surface area contributed by atoms with Gasteiger partial charge in [0.2, 0.25) is 0 Å². The first-order chi connectivity index (χ1) is 4.74. The summed E-state index contributed by atoms with van der Waals surface area (Å²) in [7, 11) is 0. The van der Waals surface area contributed by atoms with Gasteiger partial charge >= 0.3 is 0 Å². The molecule has 1 aromatic heterocycles. The van der Waals surface area contributed by atoms with E-state index in [0.29, 0.717) is 0 Å². The second-order valence-corrected chi connectivity index (χ2v) is 1.54. The van der Waals surface area contributed by atoms with Crippen molar-refractivity contribution >= 4 is 0 Å². The van der Waals surface area contributed by atoms with Gasteiger partial charge in [-0.25, -0.2) is 0 Å². The van der Waals surface area contributed by atoms with E-state index in [1.807, 2.05) is 4.98 Å². The van der Waals surface area contributed by atoms with Crippen LogP contribution in [0.1, 0.15) is 5.56 Å². The maximum atomic E-state index is 10.6. The molecule has 0 bridgehead atoms. The first kappa shape index (κ1) is 6.29. The third kappa shape index (κ3) is 0.951. The maximum Gasteiger partial charge on any atom is 0.268 e. The topological polar surface area (TPSA) is 92.6 Å². The first-order valence-electron chi connectivity index (χ1n) is 2.40. The summed E-state index contributed by atoms with van der Waals surface area (Å²) in [5.74, 6) is 0. The van der Waals surface area contributed by atoms with Crippen molar-refractivity contribution in [2.24, 2.45) is 0 Å². The highest BCUT2D eigenvalue weighted by molar-refractivity contribution is 5.22. The molecule has 0 spiro atoms. The van der Waals surface area contributed by atoms with Crippen LogP contribution in [-0.4, -0.2) is 9.97 Å². The van der Waals surface area contributed by atoms with Crippen molar-refractivity contribution in [1.82, 2.24) is 9.97 Å². The third-order valence-electron chi connectivity index (χ3n) is 0.896. The molecule has 0 aliphatic rings. The molecular weight excluding hydrogens is 134 g/mol. The molecule has 1 rings (SSSR count). The predicted octanol–water partition coefficient (Wildman–Crippen LogP) is -1.28. The molecular formula is C5H2N3O2-. The minimum atomic E-state index is -0.732. The van der Waals surface area contributed by atoms with E-state index in [9.17, 15) is 9.90 Å². The van der Waals surface area contributed by atoms with Gasteiger partial charge in [-0.15, -0.1) is 0 Å². The zero-order valence-corrected chi connectivity index (χ0v) is 4.79. The maximum absolute atomic E-state index is 10.6. The molecule has 0 aliphatic carbocycles. The third-order valence-corrected chi connectivity index (χ3v) is 0.896. The Hall–Kier alpha value is -1.83. The van der Waals surface area contributed by atoms with Gasteiger partial charge in [0, 0.05) is 0 Å². The Morgan fingerprint density at radius 3 is 3.00 bits per heavy atom. The average molecular weight is 136 g/mol. The fourth-order valence-electron chi connectivity index (χ4n) is 0.458. The average Bonchev–Trinajstić information content (AvgIpc) is 1.88. The molecule has 1 heterocycles. The van der Waals surface area contributed by atoms with Gasteiger partial charge in [0.25, 0.3) is 5.56 Å². The minimum Gasteiger partial charge on any atom is -0.846 e. The zero-order valence-electron chi connectivity index (χ0n) is 4.79. The van der Waals surface area contributed by atoms with Crippen molar-refractivity contribution < 1.29 is 5.11 Å². The van der Waals surface area contributed by atoms with Crippen LogP contribution in [0.5, 0.6) is 6.01 Å². The van der Waals surface area contributed by atoms with E-state index in [1.54, 1.807) is 6.07 Å². The molecule has 0 unspecified atom stereocenters. The van der Waals surface area contributed by atoms with Crippen molar-refractivity contribution in [2.75, 3.05) is 0 Å². The van der Waals surface area contributed by atoms with Crippen LogP contribution < -0.4 is 10.7 Å². The van der Waals surface area contributed by atoms with Crippen LogP contribution in [0.25, 0.3) is 0 Å². The lowest BCUT2D eigenvalue weighted by Gasteiger charge is -1.99. The minimum absolute atomic E-state index is 0.153. The Labute approximate surface area is 55.6 Å². The van der Waals surface area contributed by atoms with Gasteiger partial charge in [-0.05, 0) is 0 Å². The van der Waals surface area contributed by atoms with E-state index < -0.39 is 11.6 Å². The van der Waals surface area contributed by atoms with Crippen LogP contribution in [0.15, 0.2) is 11.0 Å². The number of H-pyrrole nitrogens is 1.